The molecule has 1 aromatic heterocycles. The van der Waals surface area contributed by atoms with Gasteiger partial charge in [0, 0.05) is 16.1 Å². The summed E-state index contributed by atoms with van der Waals surface area (Å²) in [5.74, 6) is 0.959. The van der Waals surface area contributed by atoms with E-state index in [1.807, 2.05) is 12.1 Å². The number of carbonyl (C=O) groups excluding carboxylic acids is 1. The molecule has 1 fully saturated rings. The van der Waals surface area contributed by atoms with E-state index in [0.717, 1.165) is 5.56 Å². The van der Waals surface area contributed by atoms with Gasteiger partial charge in [0.05, 0.1) is 5.69 Å². The van der Waals surface area contributed by atoms with Crippen molar-refractivity contribution >= 4 is 58.1 Å². The first-order chi connectivity index (χ1) is 13.4. The van der Waals surface area contributed by atoms with E-state index in [-0.39, 0.29) is 11.1 Å². The molecule has 1 saturated heterocycles. The molecule has 4 rings (SSSR count). The zero-order valence-corrected chi connectivity index (χ0v) is 16.9. The second kappa shape index (κ2) is 7.43. The number of hydrogen-bond acceptors (Lipinski definition) is 4. The fourth-order valence-corrected chi connectivity index (χ4v) is 3.49. The lowest BCUT2D eigenvalue weighted by atomic mass is 10.1. The number of amides is 2. The summed E-state index contributed by atoms with van der Waals surface area (Å²) in [5, 5.41) is 8.66. The molecular formula is C19H14Cl2N4O2S. The van der Waals surface area contributed by atoms with E-state index < -0.39 is 6.17 Å². The predicted octanol–water partition coefficient (Wildman–Crippen LogP) is 5.31. The Hall–Kier alpha value is -2.61. The maximum Gasteiger partial charge on any atom is 0.338 e. The van der Waals surface area contributed by atoms with E-state index >= 15 is 0 Å². The van der Waals surface area contributed by atoms with Crippen LogP contribution in [0.25, 0.3) is 0 Å². The number of nitrogens with zero attached hydrogens (tertiary/aromatic N) is 3. The molecule has 3 aromatic rings. The molecule has 0 radical (unpaired) electrons. The summed E-state index contributed by atoms with van der Waals surface area (Å²) in [5.41, 5.74) is 1.39. The van der Waals surface area contributed by atoms with Crippen molar-refractivity contribution in [3.63, 3.8) is 0 Å². The lowest BCUT2D eigenvalue weighted by Gasteiger charge is -2.41. The minimum absolute atomic E-state index is 0.267. The number of benzene rings is 2. The van der Waals surface area contributed by atoms with Gasteiger partial charge in [-0.15, -0.1) is 0 Å². The molecule has 1 atom stereocenters. The largest absolute Gasteiger partial charge is 0.360 e. The van der Waals surface area contributed by atoms with Crippen molar-refractivity contribution in [2.45, 2.75) is 13.1 Å². The number of halogens is 2. The zero-order valence-electron chi connectivity index (χ0n) is 14.6. The summed E-state index contributed by atoms with van der Waals surface area (Å²) >= 11 is 17.5. The van der Waals surface area contributed by atoms with Gasteiger partial charge < -0.3 is 9.84 Å². The number of thiocarbonyl (C=S) groups is 1. The maximum atomic E-state index is 13.5. The van der Waals surface area contributed by atoms with Crippen molar-refractivity contribution in [3.05, 3.63) is 76.0 Å². The molecule has 6 nitrogen and oxygen atoms in total. The number of urea groups is 1. The first-order valence-corrected chi connectivity index (χ1v) is 9.48. The van der Waals surface area contributed by atoms with Crippen LogP contribution in [0.4, 0.5) is 16.3 Å². The number of rotatable bonds is 3. The van der Waals surface area contributed by atoms with Crippen LogP contribution >= 0.6 is 35.4 Å². The standard InChI is InChI=1S/C19H14Cl2N4O2S/c1-11-10-16(23-27-11)25-17(12-2-4-13(20)5-3-12)22-18(28)24(19(25)26)15-8-6-14(21)7-9-15/h2-10,17H,1H3,(H,22,28). The molecule has 0 bridgehead atoms. The van der Waals surface area contributed by atoms with E-state index in [4.69, 9.17) is 39.9 Å². The van der Waals surface area contributed by atoms with Gasteiger partial charge in [0.25, 0.3) is 0 Å². The van der Waals surface area contributed by atoms with Crippen LogP contribution < -0.4 is 15.1 Å². The van der Waals surface area contributed by atoms with Gasteiger partial charge in [0.1, 0.15) is 11.9 Å². The van der Waals surface area contributed by atoms with E-state index in [1.54, 1.807) is 49.4 Å². The van der Waals surface area contributed by atoms with E-state index in [9.17, 15) is 4.79 Å². The average molecular weight is 433 g/mol. The van der Waals surface area contributed by atoms with Crippen LogP contribution in [0.3, 0.4) is 0 Å². The summed E-state index contributed by atoms with van der Waals surface area (Å²) < 4.78 is 5.19. The zero-order chi connectivity index (χ0) is 19.8. The third kappa shape index (κ3) is 3.44. The summed E-state index contributed by atoms with van der Waals surface area (Å²) in [7, 11) is 0. The molecule has 1 unspecified atom stereocenters. The fraction of sp³-hybridized carbons (Fsp3) is 0.105. The molecule has 28 heavy (non-hydrogen) atoms. The monoisotopic (exact) mass is 432 g/mol. The smallest absolute Gasteiger partial charge is 0.338 e. The minimum atomic E-state index is -0.565. The molecule has 0 spiro atoms. The predicted molar refractivity (Wildman–Crippen MR) is 113 cm³/mol. The molecular weight excluding hydrogens is 419 g/mol. The fourth-order valence-electron chi connectivity index (χ4n) is 2.94. The van der Waals surface area contributed by atoms with E-state index in [1.165, 1.54) is 9.80 Å². The van der Waals surface area contributed by atoms with Crippen LogP contribution in [0.2, 0.25) is 10.0 Å². The molecule has 2 heterocycles. The Kier molecular flexibility index (Phi) is 4.97. The number of carbonyl (C=O) groups is 1. The number of nitrogens with one attached hydrogen (secondary N) is 1. The van der Waals surface area contributed by atoms with Crippen LogP contribution in [0, 0.1) is 6.92 Å². The van der Waals surface area contributed by atoms with Crippen molar-refractivity contribution in [2.24, 2.45) is 0 Å². The van der Waals surface area contributed by atoms with Crippen molar-refractivity contribution in [1.29, 1.82) is 0 Å². The summed E-state index contributed by atoms with van der Waals surface area (Å²) in [4.78, 5) is 16.3. The Balaban J connectivity index is 1.78. The van der Waals surface area contributed by atoms with Gasteiger partial charge in [-0.3, -0.25) is 0 Å². The highest BCUT2D eigenvalue weighted by Gasteiger charge is 2.40. The van der Waals surface area contributed by atoms with E-state index in [2.05, 4.69) is 10.5 Å². The highest BCUT2D eigenvalue weighted by atomic mass is 35.5. The van der Waals surface area contributed by atoms with E-state index in [0.29, 0.717) is 27.3 Å². The second-order valence-electron chi connectivity index (χ2n) is 6.16. The van der Waals surface area contributed by atoms with Gasteiger partial charge in [-0.1, -0.05) is 40.5 Å². The number of aromatic nitrogens is 1. The molecule has 1 aliphatic heterocycles. The van der Waals surface area contributed by atoms with Crippen LogP contribution in [0.15, 0.2) is 59.1 Å². The molecule has 2 aromatic carbocycles. The van der Waals surface area contributed by atoms with Crippen molar-refractivity contribution in [1.82, 2.24) is 10.5 Å². The maximum absolute atomic E-state index is 13.5. The van der Waals surface area contributed by atoms with Gasteiger partial charge in [0.15, 0.2) is 10.9 Å². The SMILES string of the molecule is Cc1cc(N2C(=O)N(c3ccc(Cl)cc3)C(=S)NC2c2ccc(Cl)cc2)no1. The number of anilines is 2. The van der Waals surface area contributed by atoms with Crippen LogP contribution in [-0.2, 0) is 0 Å². The Bertz CT molecular complexity index is 1040. The normalized spacial score (nSPS) is 17.0. The first-order valence-electron chi connectivity index (χ1n) is 8.32. The minimum Gasteiger partial charge on any atom is -0.360 e. The van der Waals surface area contributed by atoms with Gasteiger partial charge in [0.2, 0.25) is 0 Å². The first kappa shape index (κ1) is 18.7. The third-order valence-electron chi connectivity index (χ3n) is 4.25. The second-order valence-corrected chi connectivity index (χ2v) is 7.42. The summed E-state index contributed by atoms with van der Waals surface area (Å²) in [6, 6.07) is 15.3. The highest BCUT2D eigenvalue weighted by molar-refractivity contribution is 7.80. The van der Waals surface area contributed by atoms with Crippen molar-refractivity contribution in [3.8, 4) is 0 Å². The molecule has 9 heteroatoms. The van der Waals surface area contributed by atoms with Crippen LogP contribution in [-0.4, -0.2) is 16.3 Å². The molecule has 1 aliphatic rings. The Morgan fingerprint density at radius 2 is 1.68 bits per heavy atom. The Labute approximate surface area is 176 Å². The van der Waals surface area contributed by atoms with Gasteiger partial charge in [-0.25, -0.2) is 14.6 Å². The molecule has 0 aliphatic carbocycles. The number of hydrogen-bond donors (Lipinski definition) is 1. The third-order valence-corrected chi connectivity index (χ3v) is 5.06. The number of aryl methyl sites for hydroxylation is 1. The van der Waals surface area contributed by atoms with Crippen LogP contribution in [0.1, 0.15) is 17.5 Å². The highest BCUT2D eigenvalue weighted by Crippen LogP contribution is 2.32. The van der Waals surface area contributed by atoms with Crippen molar-refractivity contribution in [2.75, 3.05) is 9.80 Å². The molecule has 2 amide bonds. The Morgan fingerprint density at radius 3 is 2.25 bits per heavy atom. The lowest BCUT2D eigenvalue weighted by Crippen LogP contribution is -2.61. The molecule has 0 saturated carbocycles. The summed E-state index contributed by atoms with van der Waals surface area (Å²) in [6.07, 6.45) is -0.565. The molecule has 142 valence electrons. The lowest BCUT2D eigenvalue weighted by molar-refractivity contribution is 0.248. The average Bonchev–Trinajstić information content (AvgIpc) is 3.09. The van der Waals surface area contributed by atoms with Crippen LogP contribution in [0.5, 0.6) is 0 Å². The van der Waals surface area contributed by atoms with Crippen molar-refractivity contribution < 1.29 is 9.32 Å². The molecule has 1 N–H and O–H groups in total. The van der Waals surface area contributed by atoms with Gasteiger partial charge in [-0.05, 0) is 61.1 Å². The Morgan fingerprint density at radius 1 is 1.07 bits per heavy atom. The topological polar surface area (TPSA) is 61.6 Å². The summed E-state index contributed by atoms with van der Waals surface area (Å²) in [6.45, 7) is 1.76. The van der Waals surface area contributed by atoms with Gasteiger partial charge in [-0.2, -0.15) is 0 Å². The quantitative estimate of drug-likeness (QED) is 0.568. The van der Waals surface area contributed by atoms with Gasteiger partial charge >= 0.3 is 6.03 Å².